The van der Waals surface area contributed by atoms with Gasteiger partial charge in [-0.25, -0.2) is 14.5 Å². The van der Waals surface area contributed by atoms with Gasteiger partial charge in [-0.15, -0.1) is 0 Å². The minimum atomic E-state index is -0.409. The maximum Gasteiger partial charge on any atom is 0.341 e. The van der Waals surface area contributed by atoms with Crippen molar-refractivity contribution in [3.05, 3.63) is 36.3 Å². The van der Waals surface area contributed by atoms with Crippen LogP contribution in [0.4, 0.5) is 5.69 Å². The fourth-order valence-corrected chi connectivity index (χ4v) is 1.36. The van der Waals surface area contributed by atoms with Crippen molar-refractivity contribution in [1.29, 1.82) is 0 Å². The van der Waals surface area contributed by atoms with Crippen molar-refractivity contribution < 1.29 is 9.53 Å². The molecule has 0 aromatic carbocycles. The second kappa shape index (κ2) is 4.65. The van der Waals surface area contributed by atoms with E-state index in [9.17, 15) is 4.79 Å². The van der Waals surface area contributed by atoms with Crippen LogP contribution in [0.1, 0.15) is 17.3 Å². The van der Waals surface area contributed by atoms with E-state index in [4.69, 9.17) is 10.5 Å². The van der Waals surface area contributed by atoms with Gasteiger partial charge in [0.1, 0.15) is 0 Å². The number of nitrogens with two attached hydrogens (primary N) is 1. The third kappa shape index (κ3) is 2.25. The predicted octanol–water partition coefficient (Wildman–Crippen LogP) is 1.03. The molecule has 0 aliphatic heterocycles. The normalized spacial score (nSPS) is 10.2. The number of rotatable bonds is 3. The fraction of sp³-hybridized carbons (Fsp3) is 0.182. The summed E-state index contributed by atoms with van der Waals surface area (Å²) in [6, 6.07) is 3.45. The summed E-state index contributed by atoms with van der Waals surface area (Å²) < 4.78 is 6.31. The highest BCUT2D eigenvalue weighted by Gasteiger charge is 2.11. The van der Waals surface area contributed by atoms with Crippen LogP contribution >= 0.6 is 0 Å². The molecule has 0 aliphatic carbocycles. The average molecular weight is 232 g/mol. The van der Waals surface area contributed by atoms with Gasteiger partial charge in [-0.05, 0) is 19.1 Å². The number of aromatic nitrogens is 3. The molecule has 2 aromatic rings. The number of esters is 1. The number of nitrogen functional groups attached to an aromatic ring is 1. The average Bonchev–Trinajstić information content (AvgIpc) is 2.79. The molecule has 17 heavy (non-hydrogen) atoms. The van der Waals surface area contributed by atoms with E-state index < -0.39 is 5.97 Å². The van der Waals surface area contributed by atoms with Gasteiger partial charge < -0.3 is 10.5 Å². The van der Waals surface area contributed by atoms with Crippen LogP contribution in [0.25, 0.3) is 5.82 Å². The maximum atomic E-state index is 11.4. The lowest BCUT2D eigenvalue weighted by atomic mass is 10.3. The molecule has 0 bridgehead atoms. The van der Waals surface area contributed by atoms with Crippen molar-refractivity contribution >= 4 is 11.7 Å². The Hall–Kier alpha value is -2.37. The Morgan fingerprint density at radius 2 is 2.41 bits per heavy atom. The van der Waals surface area contributed by atoms with Crippen LogP contribution in [0.5, 0.6) is 0 Å². The first-order chi connectivity index (χ1) is 8.22. The van der Waals surface area contributed by atoms with E-state index in [-0.39, 0.29) is 0 Å². The molecule has 0 amide bonds. The van der Waals surface area contributed by atoms with Crippen LogP contribution < -0.4 is 5.73 Å². The lowest BCUT2D eigenvalue weighted by molar-refractivity contribution is 0.0526. The lowest BCUT2D eigenvalue weighted by Gasteiger charge is -2.02. The number of hydrogen-bond donors (Lipinski definition) is 1. The van der Waals surface area contributed by atoms with Gasteiger partial charge >= 0.3 is 5.97 Å². The SMILES string of the molecule is CCOC(=O)c1cnn(-c2ncccc2N)c1. The molecule has 2 N–H and O–H groups in total. The van der Waals surface area contributed by atoms with Crippen LogP contribution in [0, 0.1) is 0 Å². The molecule has 2 rings (SSSR count). The van der Waals surface area contributed by atoms with Crippen LogP contribution in [0.3, 0.4) is 0 Å². The Balaban J connectivity index is 2.30. The molecule has 6 nitrogen and oxygen atoms in total. The quantitative estimate of drug-likeness (QED) is 0.799. The number of hydrogen-bond acceptors (Lipinski definition) is 5. The Bertz CT molecular complexity index is 536. The first-order valence-electron chi connectivity index (χ1n) is 5.15. The van der Waals surface area contributed by atoms with Crippen molar-refractivity contribution in [2.45, 2.75) is 6.92 Å². The Labute approximate surface area is 98.0 Å². The second-order valence-corrected chi connectivity index (χ2v) is 3.31. The van der Waals surface area contributed by atoms with E-state index in [2.05, 4.69) is 10.1 Å². The Morgan fingerprint density at radius 3 is 3.12 bits per heavy atom. The van der Waals surface area contributed by atoms with Crippen molar-refractivity contribution in [3.63, 3.8) is 0 Å². The van der Waals surface area contributed by atoms with Crippen molar-refractivity contribution in [2.75, 3.05) is 12.3 Å². The van der Waals surface area contributed by atoms with Crippen molar-refractivity contribution in [1.82, 2.24) is 14.8 Å². The summed E-state index contributed by atoms with van der Waals surface area (Å²) in [5.41, 5.74) is 6.62. The predicted molar refractivity (Wildman–Crippen MR) is 61.7 cm³/mol. The third-order valence-electron chi connectivity index (χ3n) is 2.13. The molecule has 0 unspecified atom stereocenters. The van der Waals surface area contributed by atoms with Gasteiger partial charge in [0.05, 0.1) is 24.1 Å². The van der Waals surface area contributed by atoms with Crippen LogP contribution in [0.2, 0.25) is 0 Å². The van der Waals surface area contributed by atoms with E-state index in [1.165, 1.54) is 17.1 Å². The first-order valence-corrected chi connectivity index (χ1v) is 5.15. The van der Waals surface area contributed by atoms with Crippen molar-refractivity contribution in [2.24, 2.45) is 0 Å². The van der Waals surface area contributed by atoms with Gasteiger partial charge in [0.2, 0.25) is 0 Å². The molecule has 2 heterocycles. The summed E-state index contributed by atoms with van der Waals surface area (Å²) in [6.07, 6.45) is 4.57. The standard InChI is InChI=1S/C11H12N4O2/c1-2-17-11(16)8-6-14-15(7-8)10-9(12)4-3-5-13-10/h3-7H,2,12H2,1H3. The van der Waals surface area contributed by atoms with Gasteiger partial charge in [-0.3, -0.25) is 0 Å². The largest absolute Gasteiger partial charge is 0.462 e. The third-order valence-corrected chi connectivity index (χ3v) is 2.13. The number of pyridine rings is 1. The molecule has 0 atom stereocenters. The molecule has 0 fully saturated rings. The molecule has 0 spiro atoms. The van der Waals surface area contributed by atoms with E-state index in [1.807, 2.05) is 0 Å². The van der Waals surface area contributed by atoms with E-state index in [0.717, 1.165) is 0 Å². The van der Waals surface area contributed by atoms with Gasteiger partial charge in [-0.1, -0.05) is 0 Å². The highest BCUT2D eigenvalue weighted by atomic mass is 16.5. The van der Waals surface area contributed by atoms with Gasteiger partial charge in [0.25, 0.3) is 0 Å². The highest BCUT2D eigenvalue weighted by Crippen LogP contribution is 2.13. The lowest BCUT2D eigenvalue weighted by Crippen LogP contribution is -2.04. The highest BCUT2D eigenvalue weighted by molar-refractivity contribution is 5.88. The van der Waals surface area contributed by atoms with Crippen LogP contribution in [0.15, 0.2) is 30.7 Å². The van der Waals surface area contributed by atoms with Crippen LogP contribution in [-0.4, -0.2) is 27.3 Å². The van der Waals surface area contributed by atoms with Gasteiger partial charge in [0.15, 0.2) is 5.82 Å². The topological polar surface area (TPSA) is 83.0 Å². The number of nitrogens with zero attached hydrogens (tertiary/aromatic N) is 3. The van der Waals surface area contributed by atoms with Crippen molar-refractivity contribution in [3.8, 4) is 5.82 Å². The zero-order valence-corrected chi connectivity index (χ0v) is 9.33. The summed E-state index contributed by atoms with van der Waals surface area (Å²) in [7, 11) is 0. The first kappa shape index (κ1) is 11.1. The molecular formula is C11H12N4O2. The summed E-state index contributed by atoms with van der Waals surface area (Å²) in [6.45, 7) is 2.08. The molecular weight excluding hydrogens is 220 g/mol. The zero-order valence-electron chi connectivity index (χ0n) is 9.33. The molecule has 6 heteroatoms. The van der Waals surface area contributed by atoms with E-state index in [0.29, 0.717) is 23.7 Å². The van der Waals surface area contributed by atoms with Gasteiger partial charge in [0, 0.05) is 12.4 Å². The fourth-order valence-electron chi connectivity index (χ4n) is 1.36. The molecule has 0 aliphatic rings. The monoisotopic (exact) mass is 232 g/mol. The van der Waals surface area contributed by atoms with E-state index >= 15 is 0 Å². The summed E-state index contributed by atoms with van der Waals surface area (Å²) in [5, 5.41) is 4.02. The molecule has 0 saturated carbocycles. The number of carbonyl (C=O) groups excluding carboxylic acids is 1. The molecule has 88 valence electrons. The minimum absolute atomic E-state index is 0.329. The number of carbonyl (C=O) groups is 1. The number of ether oxygens (including phenoxy) is 1. The zero-order chi connectivity index (χ0) is 12.3. The van der Waals surface area contributed by atoms with Gasteiger partial charge in [-0.2, -0.15) is 5.10 Å². The van der Waals surface area contributed by atoms with E-state index in [1.54, 1.807) is 25.3 Å². The maximum absolute atomic E-state index is 11.4. The minimum Gasteiger partial charge on any atom is -0.462 e. The smallest absolute Gasteiger partial charge is 0.341 e. The molecule has 2 aromatic heterocycles. The second-order valence-electron chi connectivity index (χ2n) is 3.31. The Kier molecular flexibility index (Phi) is 3.04. The Morgan fingerprint density at radius 1 is 1.59 bits per heavy atom. The summed E-state index contributed by atoms with van der Waals surface area (Å²) in [5.74, 6) is 0.0799. The summed E-state index contributed by atoms with van der Waals surface area (Å²) >= 11 is 0. The van der Waals surface area contributed by atoms with Crippen LogP contribution in [-0.2, 0) is 4.74 Å². The number of anilines is 1. The molecule has 0 saturated heterocycles. The molecule has 0 radical (unpaired) electrons. The summed E-state index contributed by atoms with van der Waals surface area (Å²) in [4.78, 5) is 15.5.